The van der Waals surface area contributed by atoms with Crippen LogP contribution in [-0.4, -0.2) is 41.6 Å². The van der Waals surface area contributed by atoms with Crippen LogP contribution in [0.5, 0.6) is 0 Å². The molecule has 0 aromatic carbocycles. The van der Waals surface area contributed by atoms with Crippen LogP contribution in [0.3, 0.4) is 0 Å². The molecule has 19 heavy (non-hydrogen) atoms. The number of carbonyl (C=O) groups excluding carboxylic acids is 2. The summed E-state index contributed by atoms with van der Waals surface area (Å²) in [6, 6.07) is 0.0340. The van der Waals surface area contributed by atoms with E-state index in [4.69, 9.17) is 4.74 Å². The largest absolute Gasteiger partial charge is 0.444 e. The molecule has 1 N–H and O–H groups in total. The van der Waals surface area contributed by atoms with Crippen LogP contribution in [0.4, 0.5) is 4.79 Å². The number of carbonyl (C=O) groups is 2. The van der Waals surface area contributed by atoms with Crippen LogP contribution in [0.25, 0.3) is 0 Å². The van der Waals surface area contributed by atoms with Crippen LogP contribution < -0.4 is 5.32 Å². The fourth-order valence-electron chi connectivity index (χ4n) is 2.14. The molecule has 0 radical (unpaired) electrons. The van der Waals surface area contributed by atoms with Crippen molar-refractivity contribution in [3.63, 3.8) is 0 Å². The van der Waals surface area contributed by atoms with E-state index in [-0.39, 0.29) is 11.9 Å². The number of nitrogens with zero attached hydrogens (tertiary/aromatic N) is 1. The van der Waals surface area contributed by atoms with E-state index in [9.17, 15) is 9.59 Å². The molecule has 0 aliphatic carbocycles. The molecule has 1 aliphatic rings. The molecular weight excluding hydrogens is 244 g/mol. The predicted octanol–water partition coefficient (Wildman–Crippen LogP) is 2.08. The Morgan fingerprint density at radius 2 is 2.11 bits per heavy atom. The molecule has 108 valence electrons. The second-order valence-corrected chi connectivity index (χ2v) is 5.77. The van der Waals surface area contributed by atoms with Gasteiger partial charge in [0.1, 0.15) is 5.60 Å². The molecule has 1 atom stereocenters. The molecule has 1 heterocycles. The first-order valence-corrected chi connectivity index (χ1v) is 6.73. The first kappa shape index (κ1) is 15.5. The zero-order valence-corrected chi connectivity index (χ0v) is 12.1. The Morgan fingerprint density at radius 1 is 1.42 bits per heavy atom. The quantitative estimate of drug-likeness (QED) is 0.797. The molecule has 0 bridgehead atoms. The minimum absolute atomic E-state index is 0.0340. The summed E-state index contributed by atoms with van der Waals surface area (Å²) >= 11 is 0. The highest BCUT2D eigenvalue weighted by Crippen LogP contribution is 2.17. The van der Waals surface area contributed by atoms with Gasteiger partial charge in [0.2, 0.25) is 5.91 Å². The van der Waals surface area contributed by atoms with Crippen LogP contribution in [0.15, 0.2) is 12.7 Å². The van der Waals surface area contributed by atoms with E-state index in [1.807, 2.05) is 20.8 Å². The summed E-state index contributed by atoms with van der Waals surface area (Å²) in [6.45, 7) is 10.1. The van der Waals surface area contributed by atoms with Gasteiger partial charge in [-0.25, -0.2) is 4.79 Å². The van der Waals surface area contributed by atoms with Gasteiger partial charge in [0.05, 0.1) is 0 Å². The Hall–Kier alpha value is -1.52. The number of piperidine rings is 1. The minimum Gasteiger partial charge on any atom is -0.444 e. The van der Waals surface area contributed by atoms with Crippen LogP contribution in [0.2, 0.25) is 0 Å². The van der Waals surface area contributed by atoms with Crippen molar-refractivity contribution in [1.29, 1.82) is 0 Å². The number of amides is 2. The van der Waals surface area contributed by atoms with E-state index >= 15 is 0 Å². The van der Waals surface area contributed by atoms with Gasteiger partial charge < -0.3 is 15.0 Å². The Kier molecular flexibility index (Phi) is 5.39. The van der Waals surface area contributed by atoms with Gasteiger partial charge in [0, 0.05) is 19.1 Å². The highest BCUT2D eigenvalue weighted by atomic mass is 16.6. The van der Waals surface area contributed by atoms with Gasteiger partial charge in [-0.05, 0) is 46.1 Å². The zero-order valence-electron chi connectivity index (χ0n) is 12.1. The van der Waals surface area contributed by atoms with Gasteiger partial charge in [-0.15, -0.1) is 0 Å². The van der Waals surface area contributed by atoms with Crippen molar-refractivity contribution in [2.24, 2.45) is 0 Å². The molecule has 1 saturated heterocycles. The molecular formula is C14H24N2O3. The topological polar surface area (TPSA) is 58.6 Å². The van der Waals surface area contributed by atoms with E-state index in [0.29, 0.717) is 6.54 Å². The van der Waals surface area contributed by atoms with Crippen molar-refractivity contribution in [1.82, 2.24) is 10.2 Å². The van der Waals surface area contributed by atoms with Crippen molar-refractivity contribution in [2.45, 2.75) is 51.7 Å². The van der Waals surface area contributed by atoms with E-state index in [1.165, 1.54) is 6.08 Å². The van der Waals surface area contributed by atoms with Crippen LogP contribution in [0, 0.1) is 0 Å². The monoisotopic (exact) mass is 268 g/mol. The number of likely N-dealkylation sites (tertiary alicyclic amines) is 1. The summed E-state index contributed by atoms with van der Waals surface area (Å²) in [7, 11) is 0. The van der Waals surface area contributed by atoms with Crippen molar-refractivity contribution in [3.05, 3.63) is 12.7 Å². The van der Waals surface area contributed by atoms with E-state index in [0.717, 1.165) is 25.8 Å². The second kappa shape index (κ2) is 6.59. The minimum atomic E-state index is -0.507. The molecule has 2 amide bonds. The van der Waals surface area contributed by atoms with Gasteiger partial charge >= 0.3 is 6.09 Å². The summed E-state index contributed by atoms with van der Waals surface area (Å²) in [5.41, 5.74) is -0.507. The SMILES string of the molecule is C=CC(=O)N1CCCC[C@@H]1CNC(=O)OC(C)(C)C. The lowest BCUT2D eigenvalue weighted by atomic mass is 10.0. The maximum Gasteiger partial charge on any atom is 0.407 e. The van der Waals surface area contributed by atoms with Gasteiger partial charge in [-0.3, -0.25) is 4.79 Å². The summed E-state index contributed by atoms with van der Waals surface area (Å²) < 4.78 is 5.18. The number of hydrogen-bond acceptors (Lipinski definition) is 3. The average Bonchev–Trinajstić information content (AvgIpc) is 2.33. The zero-order chi connectivity index (χ0) is 14.5. The average molecular weight is 268 g/mol. The first-order valence-electron chi connectivity index (χ1n) is 6.73. The number of ether oxygens (including phenoxy) is 1. The van der Waals surface area contributed by atoms with E-state index in [1.54, 1.807) is 4.90 Å². The van der Waals surface area contributed by atoms with Crippen molar-refractivity contribution in [2.75, 3.05) is 13.1 Å². The highest BCUT2D eigenvalue weighted by molar-refractivity contribution is 5.87. The van der Waals surface area contributed by atoms with Crippen molar-refractivity contribution >= 4 is 12.0 Å². The van der Waals surface area contributed by atoms with Gasteiger partial charge in [0.25, 0.3) is 0 Å². The third-order valence-corrected chi connectivity index (χ3v) is 2.97. The van der Waals surface area contributed by atoms with Gasteiger partial charge in [-0.2, -0.15) is 0 Å². The third kappa shape index (κ3) is 5.32. The fraction of sp³-hybridized carbons (Fsp3) is 0.714. The van der Waals surface area contributed by atoms with Crippen molar-refractivity contribution in [3.8, 4) is 0 Å². The smallest absolute Gasteiger partial charge is 0.407 e. The Morgan fingerprint density at radius 3 is 2.68 bits per heavy atom. The summed E-state index contributed by atoms with van der Waals surface area (Å²) in [5.74, 6) is -0.0734. The fourth-order valence-corrected chi connectivity index (χ4v) is 2.14. The number of hydrogen-bond donors (Lipinski definition) is 1. The third-order valence-electron chi connectivity index (χ3n) is 2.97. The van der Waals surface area contributed by atoms with Gasteiger partial charge in [-0.1, -0.05) is 6.58 Å². The molecule has 0 aromatic heterocycles. The maximum absolute atomic E-state index is 11.7. The summed E-state index contributed by atoms with van der Waals surface area (Å²) in [6.07, 6.45) is 3.86. The lowest BCUT2D eigenvalue weighted by molar-refractivity contribution is -0.129. The van der Waals surface area contributed by atoms with Crippen LogP contribution in [0.1, 0.15) is 40.0 Å². The Balaban J connectivity index is 2.47. The van der Waals surface area contributed by atoms with Crippen molar-refractivity contribution < 1.29 is 14.3 Å². The maximum atomic E-state index is 11.7. The number of nitrogens with one attached hydrogen (secondary N) is 1. The Labute approximate surface area is 115 Å². The Bertz CT molecular complexity index is 347. The van der Waals surface area contributed by atoms with Crippen LogP contribution >= 0.6 is 0 Å². The number of alkyl carbamates (subject to hydrolysis) is 1. The van der Waals surface area contributed by atoms with E-state index in [2.05, 4.69) is 11.9 Å². The second-order valence-electron chi connectivity index (χ2n) is 5.77. The summed E-state index contributed by atoms with van der Waals surface area (Å²) in [4.78, 5) is 25.1. The molecule has 0 aromatic rings. The lowest BCUT2D eigenvalue weighted by Crippen LogP contribution is -2.49. The predicted molar refractivity (Wildman–Crippen MR) is 73.8 cm³/mol. The van der Waals surface area contributed by atoms with Gasteiger partial charge in [0.15, 0.2) is 0 Å². The lowest BCUT2D eigenvalue weighted by Gasteiger charge is -2.35. The molecule has 1 rings (SSSR count). The molecule has 0 spiro atoms. The first-order chi connectivity index (χ1) is 8.83. The van der Waals surface area contributed by atoms with E-state index < -0.39 is 11.7 Å². The molecule has 1 aliphatic heterocycles. The normalized spacial score (nSPS) is 19.7. The highest BCUT2D eigenvalue weighted by Gasteiger charge is 2.26. The summed E-state index contributed by atoms with van der Waals surface area (Å²) in [5, 5.41) is 2.73. The molecule has 5 nitrogen and oxygen atoms in total. The molecule has 1 fully saturated rings. The van der Waals surface area contributed by atoms with Crippen LogP contribution in [-0.2, 0) is 9.53 Å². The number of rotatable bonds is 3. The standard InChI is InChI=1S/C14H24N2O3/c1-5-12(17)16-9-7-6-8-11(16)10-15-13(18)19-14(2,3)4/h5,11H,1,6-10H2,2-4H3,(H,15,18)/t11-/m1/s1. The molecule has 0 saturated carbocycles. The molecule has 0 unspecified atom stereocenters. The molecule has 5 heteroatoms.